The first-order valence-corrected chi connectivity index (χ1v) is 32.7. The fraction of sp³-hybridized carbons (Fsp3) is 0.0690. The van der Waals surface area contributed by atoms with Crippen LogP contribution in [0.5, 0.6) is 0 Å². The Morgan fingerprint density at radius 1 is 0.284 bits per heavy atom. The van der Waals surface area contributed by atoms with E-state index < -0.39 is 5.41 Å². The smallest absolute Gasteiger partial charge is 0.240 e. The van der Waals surface area contributed by atoms with Crippen molar-refractivity contribution in [1.82, 2.24) is 28.7 Å². The summed E-state index contributed by atoms with van der Waals surface area (Å²) in [4.78, 5) is 19.4. The molecule has 13 aromatic carbocycles. The van der Waals surface area contributed by atoms with E-state index in [0.29, 0.717) is 17.7 Å². The van der Waals surface area contributed by atoms with Gasteiger partial charge in [-0.15, -0.1) is 0 Å². The molecule has 0 amide bonds. The number of aromatic nitrogens is 6. The number of hydrogen-bond donors (Lipinski definition) is 0. The summed E-state index contributed by atoms with van der Waals surface area (Å²) in [6, 6.07) is 104. The van der Waals surface area contributed by atoms with Crippen molar-refractivity contribution in [3.8, 4) is 62.4 Å². The van der Waals surface area contributed by atoms with Crippen LogP contribution in [0.3, 0.4) is 0 Å². The van der Waals surface area contributed by atoms with Crippen molar-refractivity contribution >= 4 is 104 Å². The second kappa shape index (κ2) is 19.7. The molecule has 8 heteroatoms. The van der Waals surface area contributed by atoms with Gasteiger partial charge in [-0.1, -0.05) is 198 Å². The number of nitrogens with zero attached hydrogens (tertiary/aromatic N) is 7. The van der Waals surface area contributed by atoms with E-state index in [2.05, 4.69) is 319 Å². The van der Waals surface area contributed by atoms with Crippen LogP contribution in [-0.2, 0) is 10.8 Å². The van der Waals surface area contributed by atoms with E-state index in [4.69, 9.17) is 19.4 Å². The van der Waals surface area contributed by atoms with Gasteiger partial charge in [0.25, 0.3) is 0 Å². The predicted octanol–water partition coefficient (Wildman–Crippen LogP) is 22.5. The third-order valence-electron chi connectivity index (χ3n) is 20.9. The number of benzene rings is 13. The van der Waals surface area contributed by atoms with Crippen LogP contribution in [0.2, 0.25) is 0 Å². The van der Waals surface area contributed by atoms with Gasteiger partial charge in [-0.05, 0) is 171 Å². The first kappa shape index (κ1) is 53.5. The molecular formula is C87H59N7O. The highest BCUT2D eigenvalue weighted by molar-refractivity contribution is 6.14. The van der Waals surface area contributed by atoms with E-state index in [0.717, 1.165) is 111 Å². The molecule has 0 saturated heterocycles. The van der Waals surface area contributed by atoms with E-state index in [9.17, 15) is 0 Å². The maximum atomic E-state index is 6.28. The molecule has 0 radical (unpaired) electrons. The lowest BCUT2D eigenvalue weighted by atomic mass is 9.81. The molecule has 95 heavy (non-hydrogen) atoms. The average Bonchev–Trinajstić information content (AvgIpc) is 1.57. The molecule has 5 aromatic heterocycles. The maximum Gasteiger partial charge on any atom is 0.240 e. The Labute approximate surface area is 547 Å². The quantitative estimate of drug-likeness (QED) is 0.152. The monoisotopic (exact) mass is 1220 g/mol. The van der Waals surface area contributed by atoms with Crippen LogP contribution in [-0.4, -0.2) is 28.7 Å². The summed E-state index contributed by atoms with van der Waals surface area (Å²) in [5.74, 6) is 1.66. The van der Waals surface area contributed by atoms with Crippen molar-refractivity contribution < 1.29 is 4.42 Å². The van der Waals surface area contributed by atoms with Crippen LogP contribution in [0.1, 0.15) is 49.9 Å². The Morgan fingerprint density at radius 2 is 0.768 bits per heavy atom. The van der Waals surface area contributed by atoms with E-state index in [1.807, 2.05) is 12.1 Å². The topological polar surface area (TPSA) is 69.8 Å². The van der Waals surface area contributed by atoms with Gasteiger partial charge in [0.05, 0.1) is 33.1 Å². The number of furan rings is 1. The third-order valence-corrected chi connectivity index (χ3v) is 20.9. The molecule has 448 valence electrons. The Morgan fingerprint density at radius 3 is 1.52 bits per heavy atom. The highest BCUT2D eigenvalue weighted by Gasteiger charge is 2.39. The van der Waals surface area contributed by atoms with Gasteiger partial charge in [0, 0.05) is 82.2 Å². The Kier molecular flexibility index (Phi) is 11.1. The summed E-state index contributed by atoms with van der Waals surface area (Å²) in [5, 5.41) is 9.15. The van der Waals surface area contributed by atoms with Crippen molar-refractivity contribution in [2.75, 3.05) is 4.90 Å². The average molecular weight is 1220 g/mol. The van der Waals surface area contributed by atoms with Gasteiger partial charge in [-0.25, -0.2) is 0 Å². The summed E-state index contributed by atoms with van der Waals surface area (Å²) >= 11 is 0. The summed E-state index contributed by atoms with van der Waals surface area (Å²) in [6.07, 6.45) is 0. The zero-order valence-electron chi connectivity index (χ0n) is 52.7. The third kappa shape index (κ3) is 7.73. The maximum absolute atomic E-state index is 6.28. The van der Waals surface area contributed by atoms with Crippen LogP contribution < -0.4 is 4.90 Å². The molecule has 5 heterocycles. The van der Waals surface area contributed by atoms with Crippen molar-refractivity contribution in [1.29, 1.82) is 0 Å². The van der Waals surface area contributed by atoms with Crippen LogP contribution in [0, 0.1) is 0 Å². The molecule has 0 spiro atoms. The van der Waals surface area contributed by atoms with E-state index in [1.54, 1.807) is 0 Å². The second-order valence-corrected chi connectivity index (χ2v) is 26.8. The molecule has 0 saturated carbocycles. The van der Waals surface area contributed by atoms with E-state index >= 15 is 0 Å². The number of fused-ring (bicyclic) bond motifs is 18. The number of para-hydroxylation sites is 6. The van der Waals surface area contributed by atoms with Gasteiger partial charge in [0.15, 0.2) is 5.82 Å². The lowest BCUT2D eigenvalue weighted by Gasteiger charge is -2.28. The Hall–Kier alpha value is -12.1. The Bertz CT molecular complexity index is 6300. The highest BCUT2D eigenvalue weighted by Crippen LogP contribution is 2.54. The summed E-state index contributed by atoms with van der Waals surface area (Å²) in [7, 11) is 0. The van der Waals surface area contributed by atoms with E-state index in [1.165, 1.54) is 60.8 Å². The molecule has 0 unspecified atom stereocenters. The highest BCUT2D eigenvalue weighted by atomic mass is 16.3. The molecule has 0 atom stereocenters. The molecule has 0 bridgehead atoms. The molecular weight excluding hydrogens is 1160 g/mol. The molecule has 18 aromatic rings. The minimum Gasteiger partial charge on any atom is -0.456 e. The first-order valence-electron chi connectivity index (χ1n) is 32.7. The second-order valence-electron chi connectivity index (χ2n) is 26.8. The van der Waals surface area contributed by atoms with Crippen LogP contribution in [0.25, 0.3) is 150 Å². The molecule has 8 nitrogen and oxygen atoms in total. The lowest BCUT2D eigenvalue weighted by Crippen LogP contribution is -2.17. The summed E-state index contributed by atoms with van der Waals surface area (Å²) in [6.45, 7) is 9.43. The largest absolute Gasteiger partial charge is 0.456 e. The number of anilines is 3. The minimum atomic E-state index is -0.418. The van der Waals surface area contributed by atoms with E-state index in [-0.39, 0.29) is 5.41 Å². The fourth-order valence-corrected chi connectivity index (χ4v) is 16.3. The van der Waals surface area contributed by atoms with Crippen molar-refractivity contribution in [3.63, 3.8) is 0 Å². The van der Waals surface area contributed by atoms with Crippen molar-refractivity contribution in [2.45, 2.75) is 38.5 Å². The minimum absolute atomic E-state index is 0.231. The van der Waals surface area contributed by atoms with Gasteiger partial charge < -0.3 is 13.9 Å². The normalized spacial score (nSPS) is 13.6. The van der Waals surface area contributed by atoms with Gasteiger partial charge in [-0.3, -0.25) is 9.13 Å². The molecule has 2 aliphatic rings. The molecule has 0 fully saturated rings. The van der Waals surface area contributed by atoms with Crippen LogP contribution in [0.4, 0.5) is 17.1 Å². The zero-order valence-corrected chi connectivity index (χ0v) is 52.7. The number of hydrogen-bond acceptors (Lipinski definition) is 5. The standard InChI is InChI=1S/C87H59N7O/c1-86(2)71-30-16-11-25-59(71)67-50-69-64-28-14-19-33-77(64)94(80(69)51-74(67)86)85-89-83(88-84(90-85)93-76-32-18-13-27-63(76)68-45-52(36-43-78(68)93)53-37-44-82-70(46-53)66-29-15-20-34-81(66)95-82)54-35-40-60-61-41-38-57(48-73(61)87(3,4)72(60)47-54)91(55-21-7-5-8-22-55)58-39-42-65-62-26-12-17-31-75(62)92(79(65)49-58)56-23-9-6-10-24-56/h5-51H,1-4H3. The SMILES string of the molecule is CC1(C)c2cc(-c3nc(-n4c5ccccc5c5cc(-c6ccc7oc8ccccc8c7c6)ccc54)nc(-n4c5ccccc5c5cc6c(cc54)C(C)(C)c4ccccc4-6)n3)ccc2-c2ccc(N(c3ccccc3)c3ccc4c5ccccc5n(-c5ccccc5)c4c3)cc21. The number of rotatable bonds is 8. The van der Waals surface area contributed by atoms with Gasteiger partial charge >= 0.3 is 0 Å². The molecule has 0 N–H and O–H groups in total. The lowest BCUT2D eigenvalue weighted by molar-refractivity contribution is 0.660. The van der Waals surface area contributed by atoms with Crippen LogP contribution >= 0.6 is 0 Å². The Balaban J connectivity index is 0.763. The van der Waals surface area contributed by atoms with Gasteiger partial charge in [0.2, 0.25) is 11.9 Å². The van der Waals surface area contributed by atoms with Gasteiger partial charge in [0.1, 0.15) is 11.2 Å². The predicted molar refractivity (Wildman–Crippen MR) is 391 cm³/mol. The molecule has 2 aliphatic carbocycles. The van der Waals surface area contributed by atoms with Gasteiger partial charge in [-0.2, -0.15) is 15.0 Å². The zero-order chi connectivity index (χ0) is 63.0. The first-order chi connectivity index (χ1) is 46.6. The summed E-state index contributed by atoms with van der Waals surface area (Å²) < 4.78 is 13.2. The molecule has 0 aliphatic heterocycles. The summed E-state index contributed by atoms with van der Waals surface area (Å²) in [5.41, 5.74) is 25.1. The van der Waals surface area contributed by atoms with Crippen LogP contribution in [0.15, 0.2) is 290 Å². The van der Waals surface area contributed by atoms with Crippen molar-refractivity contribution in [2.24, 2.45) is 0 Å². The molecule has 20 rings (SSSR count). The fourth-order valence-electron chi connectivity index (χ4n) is 16.3. The van der Waals surface area contributed by atoms with Crippen molar-refractivity contribution in [3.05, 3.63) is 307 Å².